The van der Waals surface area contributed by atoms with Gasteiger partial charge in [0.05, 0.1) is 6.10 Å². The van der Waals surface area contributed by atoms with E-state index in [4.69, 9.17) is 10.5 Å². The largest absolute Gasteiger partial charge is 0.457 e. The van der Waals surface area contributed by atoms with Crippen molar-refractivity contribution < 1.29 is 9.84 Å². The van der Waals surface area contributed by atoms with Crippen LogP contribution in [0.5, 0.6) is 11.5 Å². The van der Waals surface area contributed by atoms with Gasteiger partial charge in [0.25, 0.3) is 0 Å². The van der Waals surface area contributed by atoms with Gasteiger partial charge in [-0.1, -0.05) is 30.3 Å². The van der Waals surface area contributed by atoms with Crippen LogP contribution >= 0.6 is 0 Å². The minimum atomic E-state index is -0.359. The van der Waals surface area contributed by atoms with E-state index in [0.29, 0.717) is 13.0 Å². The smallest absolute Gasteiger partial charge is 0.127 e. The minimum Gasteiger partial charge on any atom is -0.457 e. The third-order valence-electron chi connectivity index (χ3n) is 3.22. The molecule has 106 valence electrons. The van der Waals surface area contributed by atoms with Gasteiger partial charge in [0.2, 0.25) is 0 Å². The van der Waals surface area contributed by atoms with Crippen molar-refractivity contribution in [2.45, 2.75) is 25.4 Å². The van der Waals surface area contributed by atoms with Gasteiger partial charge in [-0.2, -0.15) is 0 Å². The molecule has 2 unspecified atom stereocenters. The molecule has 0 spiro atoms. The number of para-hydroxylation sites is 1. The van der Waals surface area contributed by atoms with Gasteiger partial charge < -0.3 is 15.6 Å². The number of hydrogen-bond acceptors (Lipinski definition) is 3. The number of aliphatic hydroxyl groups is 1. The Labute approximate surface area is 120 Å². The Morgan fingerprint density at radius 2 is 1.75 bits per heavy atom. The lowest BCUT2D eigenvalue weighted by atomic mass is 9.93. The molecule has 3 heteroatoms. The fourth-order valence-electron chi connectivity index (χ4n) is 2.24. The third-order valence-corrected chi connectivity index (χ3v) is 3.22. The predicted octanol–water partition coefficient (Wildman–Crippen LogP) is 3.29. The fraction of sp³-hybridized carbons (Fsp3) is 0.294. The standard InChI is InChI=1S/C17H21NO2/c1-13(19)10-15(12-18)14-6-5-9-17(11-14)20-16-7-3-2-4-8-16/h2-9,11,13,15,19H,10,12,18H2,1H3. The van der Waals surface area contributed by atoms with Crippen LogP contribution in [-0.4, -0.2) is 17.8 Å². The van der Waals surface area contributed by atoms with Gasteiger partial charge in [0.15, 0.2) is 0 Å². The number of benzene rings is 2. The van der Waals surface area contributed by atoms with Crippen molar-refractivity contribution in [3.8, 4) is 11.5 Å². The summed E-state index contributed by atoms with van der Waals surface area (Å²) in [6.45, 7) is 2.30. The molecule has 0 bridgehead atoms. The van der Waals surface area contributed by atoms with E-state index in [9.17, 15) is 5.11 Å². The van der Waals surface area contributed by atoms with Gasteiger partial charge in [-0.3, -0.25) is 0 Å². The molecule has 2 aromatic rings. The second kappa shape index (κ2) is 7.08. The number of hydrogen-bond donors (Lipinski definition) is 2. The van der Waals surface area contributed by atoms with Crippen LogP contribution in [0.15, 0.2) is 54.6 Å². The van der Waals surface area contributed by atoms with Crippen LogP contribution in [0.2, 0.25) is 0 Å². The van der Waals surface area contributed by atoms with E-state index < -0.39 is 0 Å². The quantitative estimate of drug-likeness (QED) is 0.847. The second-order valence-electron chi connectivity index (χ2n) is 5.00. The molecule has 2 rings (SSSR count). The summed E-state index contributed by atoms with van der Waals surface area (Å²) in [6.07, 6.45) is 0.299. The van der Waals surface area contributed by atoms with E-state index in [0.717, 1.165) is 17.1 Å². The fourth-order valence-corrected chi connectivity index (χ4v) is 2.24. The predicted molar refractivity (Wildman–Crippen MR) is 81.1 cm³/mol. The zero-order valence-corrected chi connectivity index (χ0v) is 11.7. The van der Waals surface area contributed by atoms with Crippen molar-refractivity contribution in [3.05, 3.63) is 60.2 Å². The molecule has 2 atom stereocenters. The monoisotopic (exact) mass is 271 g/mol. The number of aliphatic hydroxyl groups excluding tert-OH is 1. The molecule has 0 saturated heterocycles. The molecule has 0 radical (unpaired) electrons. The molecule has 20 heavy (non-hydrogen) atoms. The Morgan fingerprint density at radius 1 is 1.05 bits per heavy atom. The normalized spacial score (nSPS) is 13.8. The van der Waals surface area contributed by atoms with Gasteiger partial charge in [-0.15, -0.1) is 0 Å². The van der Waals surface area contributed by atoms with Crippen LogP contribution in [0.25, 0.3) is 0 Å². The molecular formula is C17H21NO2. The van der Waals surface area contributed by atoms with Crippen LogP contribution in [-0.2, 0) is 0 Å². The van der Waals surface area contributed by atoms with Gasteiger partial charge in [0, 0.05) is 0 Å². The molecular weight excluding hydrogens is 250 g/mol. The molecule has 0 aromatic heterocycles. The highest BCUT2D eigenvalue weighted by molar-refractivity contribution is 5.35. The van der Waals surface area contributed by atoms with Crippen molar-refractivity contribution in [1.29, 1.82) is 0 Å². The maximum atomic E-state index is 9.53. The first kappa shape index (κ1) is 14.6. The average Bonchev–Trinajstić information content (AvgIpc) is 2.46. The molecule has 2 aromatic carbocycles. The third kappa shape index (κ3) is 4.08. The Balaban J connectivity index is 2.14. The van der Waals surface area contributed by atoms with E-state index in [-0.39, 0.29) is 12.0 Å². The minimum absolute atomic E-state index is 0.148. The molecule has 0 saturated carbocycles. The zero-order chi connectivity index (χ0) is 14.4. The molecule has 0 aliphatic carbocycles. The number of nitrogens with two attached hydrogens (primary N) is 1. The summed E-state index contributed by atoms with van der Waals surface area (Å²) in [5, 5.41) is 9.53. The lowest BCUT2D eigenvalue weighted by molar-refractivity contribution is 0.175. The molecule has 0 amide bonds. The topological polar surface area (TPSA) is 55.5 Å². The van der Waals surface area contributed by atoms with E-state index in [2.05, 4.69) is 0 Å². The van der Waals surface area contributed by atoms with Crippen molar-refractivity contribution in [2.75, 3.05) is 6.54 Å². The second-order valence-corrected chi connectivity index (χ2v) is 5.00. The Kier molecular flexibility index (Phi) is 5.16. The zero-order valence-electron chi connectivity index (χ0n) is 11.7. The molecule has 3 nitrogen and oxygen atoms in total. The Hall–Kier alpha value is -1.84. The Bertz CT molecular complexity index is 526. The molecule has 0 aliphatic rings. The SMILES string of the molecule is CC(O)CC(CN)c1cccc(Oc2ccccc2)c1. The highest BCUT2D eigenvalue weighted by Gasteiger charge is 2.13. The van der Waals surface area contributed by atoms with Crippen molar-refractivity contribution in [3.63, 3.8) is 0 Å². The molecule has 0 aliphatic heterocycles. The van der Waals surface area contributed by atoms with Crippen molar-refractivity contribution in [2.24, 2.45) is 5.73 Å². The van der Waals surface area contributed by atoms with Crippen LogP contribution in [0.3, 0.4) is 0 Å². The summed E-state index contributed by atoms with van der Waals surface area (Å²) in [5.41, 5.74) is 6.90. The van der Waals surface area contributed by atoms with E-state index >= 15 is 0 Å². The van der Waals surface area contributed by atoms with E-state index in [1.807, 2.05) is 54.6 Å². The van der Waals surface area contributed by atoms with Gasteiger partial charge in [-0.25, -0.2) is 0 Å². The average molecular weight is 271 g/mol. The van der Waals surface area contributed by atoms with E-state index in [1.54, 1.807) is 6.92 Å². The lowest BCUT2D eigenvalue weighted by Crippen LogP contribution is -2.17. The summed E-state index contributed by atoms with van der Waals surface area (Å²) >= 11 is 0. The first-order valence-electron chi connectivity index (χ1n) is 6.90. The van der Waals surface area contributed by atoms with E-state index in [1.165, 1.54) is 0 Å². The summed E-state index contributed by atoms with van der Waals surface area (Å²) in [5.74, 6) is 1.75. The van der Waals surface area contributed by atoms with Gasteiger partial charge in [-0.05, 0) is 55.6 Å². The van der Waals surface area contributed by atoms with Crippen LogP contribution in [0.4, 0.5) is 0 Å². The van der Waals surface area contributed by atoms with Crippen LogP contribution < -0.4 is 10.5 Å². The summed E-state index contributed by atoms with van der Waals surface area (Å²) in [6, 6.07) is 17.6. The Morgan fingerprint density at radius 3 is 2.40 bits per heavy atom. The molecule has 0 heterocycles. The van der Waals surface area contributed by atoms with Crippen molar-refractivity contribution >= 4 is 0 Å². The molecule has 0 fully saturated rings. The first-order valence-corrected chi connectivity index (χ1v) is 6.90. The maximum Gasteiger partial charge on any atom is 0.127 e. The maximum absolute atomic E-state index is 9.53. The van der Waals surface area contributed by atoms with Gasteiger partial charge >= 0.3 is 0 Å². The number of rotatable bonds is 6. The summed E-state index contributed by atoms with van der Waals surface area (Å²) < 4.78 is 5.82. The summed E-state index contributed by atoms with van der Waals surface area (Å²) in [7, 11) is 0. The van der Waals surface area contributed by atoms with Crippen LogP contribution in [0, 0.1) is 0 Å². The van der Waals surface area contributed by atoms with Crippen molar-refractivity contribution in [1.82, 2.24) is 0 Å². The van der Waals surface area contributed by atoms with Gasteiger partial charge in [0.1, 0.15) is 11.5 Å². The highest BCUT2D eigenvalue weighted by Crippen LogP contribution is 2.27. The lowest BCUT2D eigenvalue weighted by Gasteiger charge is -2.17. The van der Waals surface area contributed by atoms with Crippen LogP contribution in [0.1, 0.15) is 24.8 Å². The number of ether oxygens (including phenoxy) is 1. The highest BCUT2D eigenvalue weighted by atomic mass is 16.5. The first-order chi connectivity index (χ1) is 9.69. The molecule has 3 N–H and O–H groups in total. The summed E-state index contributed by atoms with van der Waals surface area (Å²) in [4.78, 5) is 0.